The van der Waals surface area contributed by atoms with Crippen molar-refractivity contribution >= 4 is 51.9 Å². The number of halogens is 1. The van der Waals surface area contributed by atoms with Crippen molar-refractivity contribution in [2.75, 3.05) is 5.75 Å². The highest BCUT2D eigenvalue weighted by Gasteiger charge is 2.00. The molecule has 0 saturated carbocycles. The molecule has 0 amide bonds. The fourth-order valence-electron chi connectivity index (χ4n) is 1.21. The summed E-state index contributed by atoms with van der Waals surface area (Å²) in [6.07, 6.45) is 4.05. The predicted octanol–water partition coefficient (Wildman–Crippen LogP) is 3.89. The summed E-state index contributed by atoms with van der Waals surface area (Å²) in [6.45, 7) is 0. The van der Waals surface area contributed by atoms with Crippen molar-refractivity contribution in [2.45, 2.75) is 0 Å². The highest BCUT2D eigenvalue weighted by molar-refractivity contribution is 7.80. The molecule has 0 spiro atoms. The summed E-state index contributed by atoms with van der Waals surface area (Å²) < 4.78 is 1.71. The topological polar surface area (TPSA) is 12.9 Å². The summed E-state index contributed by atoms with van der Waals surface area (Å²) in [5, 5.41) is 0. The average molecular weight is 242 g/mol. The van der Waals surface area contributed by atoms with E-state index in [2.05, 4.69) is 23.7 Å². The molecule has 0 bridgehead atoms. The highest BCUT2D eigenvalue weighted by Crippen LogP contribution is 2.26. The Morgan fingerprint density at radius 2 is 2.36 bits per heavy atom. The van der Waals surface area contributed by atoms with Gasteiger partial charge in [-0.1, -0.05) is 29.8 Å². The van der Waals surface area contributed by atoms with Crippen molar-refractivity contribution < 1.29 is 0 Å². The van der Waals surface area contributed by atoms with Crippen molar-refractivity contribution in [3.8, 4) is 0 Å². The van der Waals surface area contributed by atoms with Gasteiger partial charge in [-0.15, -0.1) is 11.3 Å². The van der Waals surface area contributed by atoms with Gasteiger partial charge in [0.15, 0.2) is 4.47 Å². The Labute approximate surface area is 96.8 Å². The van der Waals surface area contributed by atoms with Gasteiger partial charge in [0.1, 0.15) is 0 Å². The van der Waals surface area contributed by atoms with Crippen LogP contribution < -0.4 is 0 Å². The van der Waals surface area contributed by atoms with Crippen LogP contribution in [0.3, 0.4) is 0 Å². The predicted molar refractivity (Wildman–Crippen MR) is 67.5 cm³/mol. The molecule has 1 aromatic heterocycles. The molecule has 2 rings (SSSR count). The lowest BCUT2D eigenvalue weighted by Crippen LogP contribution is -1.72. The average Bonchev–Trinajstić information content (AvgIpc) is 2.54. The van der Waals surface area contributed by atoms with Gasteiger partial charge in [0.2, 0.25) is 0 Å². The number of thiazole rings is 1. The van der Waals surface area contributed by atoms with Crippen LogP contribution in [0.5, 0.6) is 0 Å². The molecular formula is C10H8ClNS2. The molecule has 2 aromatic rings. The third-order valence-corrected chi connectivity index (χ3v) is 3.14. The Morgan fingerprint density at radius 3 is 3.14 bits per heavy atom. The van der Waals surface area contributed by atoms with Gasteiger partial charge in [0.05, 0.1) is 10.2 Å². The van der Waals surface area contributed by atoms with Crippen molar-refractivity contribution in [1.29, 1.82) is 0 Å². The van der Waals surface area contributed by atoms with Crippen LogP contribution in [0.2, 0.25) is 4.47 Å². The van der Waals surface area contributed by atoms with E-state index >= 15 is 0 Å². The zero-order valence-electron chi connectivity index (χ0n) is 7.27. The molecule has 1 heterocycles. The zero-order chi connectivity index (χ0) is 9.97. The summed E-state index contributed by atoms with van der Waals surface area (Å²) in [7, 11) is 0. The van der Waals surface area contributed by atoms with E-state index in [0.29, 0.717) is 4.47 Å². The Kier molecular flexibility index (Phi) is 3.11. The van der Waals surface area contributed by atoms with Crippen LogP contribution >= 0.6 is 35.6 Å². The van der Waals surface area contributed by atoms with Crippen LogP contribution in [-0.4, -0.2) is 10.7 Å². The fourth-order valence-corrected chi connectivity index (χ4v) is 2.39. The molecule has 0 aliphatic carbocycles. The number of fused-ring (bicyclic) bond motifs is 1. The van der Waals surface area contributed by atoms with Crippen molar-refractivity contribution in [1.82, 2.24) is 4.98 Å². The second kappa shape index (κ2) is 4.34. The van der Waals surface area contributed by atoms with E-state index in [1.54, 1.807) is 0 Å². The molecule has 0 aliphatic rings. The lowest BCUT2D eigenvalue weighted by molar-refractivity contribution is 1.50. The van der Waals surface area contributed by atoms with Crippen molar-refractivity contribution in [3.05, 3.63) is 34.3 Å². The summed E-state index contributed by atoms with van der Waals surface area (Å²) in [5.41, 5.74) is 2.12. The molecule has 0 unspecified atom stereocenters. The first kappa shape index (κ1) is 10.0. The van der Waals surface area contributed by atoms with Crippen LogP contribution in [-0.2, 0) is 0 Å². The summed E-state index contributed by atoms with van der Waals surface area (Å²) in [5.74, 6) is 0.751. The maximum absolute atomic E-state index is 5.82. The normalized spacial score (nSPS) is 11.6. The molecule has 4 heteroatoms. The van der Waals surface area contributed by atoms with E-state index in [1.807, 2.05) is 24.3 Å². The molecular weight excluding hydrogens is 234 g/mol. The number of hydrogen-bond donors (Lipinski definition) is 1. The van der Waals surface area contributed by atoms with Crippen LogP contribution in [0.15, 0.2) is 24.3 Å². The Hall–Kier alpha value is -0.510. The maximum atomic E-state index is 5.82. The SMILES string of the molecule is SCC=Cc1ccc2nc(Cl)sc2c1. The molecule has 0 atom stereocenters. The highest BCUT2D eigenvalue weighted by atomic mass is 35.5. The third kappa shape index (κ3) is 2.11. The van der Waals surface area contributed by atoms with Gasteiger partial charge in [-0.3, -0.25) is 0 Å². The molecule has 0 radical (unpaired) electrons. The third-order valence-electron chi connectivity index (χ3n) is 1.80. The molecule has 0 saturated heterocycles. The smallest absolute Gasteiger partial charge is 0.184 e. The van der Waals surface area contributed by atoms with E-state index in [1.165, 1.54) is 11.3 Å². The first-order chi connectivity index (χ1) is 6.79. The van der Waals surface area contributed by atoms with Crippen LogP contribution in [0.25, 0.3) is 16.3 Å². The molecule has 14 heavy (non-hydrogen) atoms. The van der Waals surface area contributed by atoms with E-state index in [4.69, 9.17) is 11.6 Å². The van der Waals surface area contributed by atoms with Gasteiger partial charge in [0, 0.05) is 5.75 Å². The molecule has 0 N–H and O–H groups in total. The van der Waals surface area contributed by atoms with Crippen LogP contribution in [0.4, 0.5) is 0 Å². The second-order valence-corrected chi connectivity index (χ2v) is 4.76. The summed E-state index contributed by atoms with van der Waals surface area (Å²) in [6, 6.07) is 6.09. The Bertz CT molecular complexity index is 476. The van der Waals surface area contributed by atoms with Gasteiger partial charge in [-0.25, -0.2) is 4.98 Å². The largest absolute Gasteiger partial charge is 0.225 e. The minimum atomic E-state index is 0.593. The van der Waals surface area contributed by atoms with E-state index in [-0.39, 0.29) is 0 Å². The maximum Gasteiger partial charge on any atom is 0.184 e. The van der Waals surface area contributed by atoms with Crippen molar-refractivity contribution in [2.24, 2.45) is 0 Å². The number of rotatable bonds is 2. The molecule has 72 valence electrons. The van der Waals surface area contributed by atoms with E-state index in [9.17, 15) is 0 Å². The van der Waals surface area contributed by atoms with E-state index < -0.39 is 0 Å². The number of thiol groups is 1. The van der Waals surface area contributed by atoms with Crippen LogP contribution in [0.1, 0.15) is 5.56 Å². The van der Waals surface area contributed by atoms with Crippen LogP contribution in [0, 0.1) is 0 Å². The second-order valence-electron chi connectivity index (χ2n) is 2.78. The number of hydrogen-bond acceptors (Lipinski definition) is 3. The monoisotopic (exact) mass is 241 g/mol. The number of aromatic nitrogens is 1. The first-order valence-electron chi connectivity index (χ1n) is 4.13. The van der Waals surface area contributed by atoms with Gasteiger partial charge in [-0.2, -0.15) is 12.6 Å². The minimum Gasteiger partial charge on any atom is -0.225 e. The Morgan fingerprint density at radius 1 is 1.50 bits per heavy atom. The zero-order valence-corrected chi connectivity index (χ0v) is 9.74. The van der Waals surface area contributed by atoms with Crippen molar-refractivity contribution in [3.63, 3.8) is 0 Å². The molecule has 1 aromatic carbocycles. The van der Waals surface area contributed by atoms with Gasteiger partial charge >= 0.3 is 0 Å². The van der Waals surface area contributed by atoms with Gasteiger partial charge in [0.25, 0.3) is 0 Å². The standard InChI is InChI=1S/C10H8ClNS2/c11-10-12-8-4-3-7(2-1-5-13)6-9(8)14-10/h1-4,6,13H,5H2. The van der Waals surface area contributed by atoms with E-state index in [0.717, 1.165) is 21.5 Å². The van der Waals surface area contributed by atoms with Gasteiger partial charge in [-0.05, 0) is 17.7 Å². The lowest BCUT2D eigenvalue weighted by Gasteiger charge is -1.91. The summed E-state index contributed by atoms with van der Waals surface area (Å²) in [4.78, 5) is 4.18. The summed E-state index contributed by atoms with van der Waals surface area (Å²) >= 11 is 11.4. The minimum absolute atomic E-state index is 0.593. The lowest BCUT2D eigenvalue weighted by atomic mass is 10.2. The molecule has 0 aliphatic heterocycles. The number of nitrogens with zero attached hydrogens (tertiary/aromatic N) is 1. The Balaban J connectivity index is 2.45. The molecule has 1 nitrogen and oxygen atoms in total. The number of benzene rings is 1. The van der Waals surface area contributed by atoms with Gasteiger partial charge < -0.3 is 0 Å². The molecule has 0 fully saturated rings. The fraction of sp³-hybridized carbons (Fsp3) is 0.100. The first-order valence-corrected chi connectivity index (χ1v) is 5.96. The quantitative estimate of drug-likeness (QED) is 0.787.